The van der Waals surface area contributed by atoms with Crippen LogP contribution in [0, 0.1) is 17.1 Å². The first-order chi connectivity index (χ1) is 14.8. The van der Waals surface area contributed by atoms with E-state index in [0.29, 0.717) is 6.07 Å². The van der Waals surface area contributed by atoms with Crippen LogP contribution in [0.15, 0.2) is 36.4 Å². The summed E-state index contributed by atoms with van der Waals surface area (Å²) in [6.07, 6.45) is -4.71. The molecule has 2 aromatic rings. The van der Waals surface area contributed by atoms with Gasteiger partial charge in [0, 0.05) is 12.1 Å². The number of alkyl halides is 3. The summed E-state index contributed by atoms with van der Waals surface area (Å²) >= 11 is 5.40. The quantitative estimate of drug-likeness (QED) is 0.353. The fourth-order valence-corrected chi connectivity index (χ4v) is 4.04. The van der Waals surface area contributed by atoms with Crippen LogP contribution >= 0.6 is 12.2 Å². The highest BCUT2D eigenvalue weighted by Gasteiger charge is 2.50. The third kappa shape index (κ3) is 3.73. The first-order valence-corrected chi connectivity index (χ1v) is 9.88. The molecule has 1 saturated heterocycles. The van der Waals surface area contributed by atoms with Crippen molar-refractivity contribution in [2.75, 3.05) is 9.80 Å². The van der Waals surface area contributed by atoms with Gasteiger partial charge in [-0.1, -0.05) is 6.92 Å². The van der Waals surface area contributed by atoms with Gasteiger partial charge in [-0.15, -0.1) is 0 Å². The number of nitrogens with zero attached hydrogens (tertiary/aromatic N) is 3. The van der Waals surface area contributed by atoms with Crippen molar-refractivity contribution in [3.8, 4) is 6.07 Å². The fourth-order valence-electron chi connectivity index (χ4n) is 3.52. The van der Waals surface area contributed by atoms with Crippen LogP contribution in [0.5, 0.6) is 0 Å². The van der Waals surface area contributed by atoms with Gasteiger partial charge in [0.05, 0.1) is 28.4 Å². The van der Waals surface area contributed by atoms with Crippen molar-refractivity contribution >= 4 is 40.4 Å². The molecule has 0 N–H and O–H groups in total. The maximum atomic E-state index is 14.6. The van der Waals surface area contributed by atoms with Crippen molar-refractivity contribution in [3.63, 3.8) is 0 Å². The zero-order valence-electron chi connectivity index (χ0n) is 17.2. The number of hydrogen-bond donors (Lipinski definition) is 0. The number of carbonyl (C=O) groups excluding carboxylic acids is 2. The maximum absolute atomic E-state index is 14.6. The molecule has 0 spiro atoms. The third-order valence-corrected chi connectivity index (χ3v) is 5.55. The number of halogens is 4. The molecule has 1 fully saturated rings. The first-order valence-electron chi connectivity index (χ1n) is 9.47. The molecule has 32 heavy (non-hydrogen) atoms. The minimum Gasteiger partial charge on any atom is -0.303 e. The van der Waals surface area contributed by atoms with Gasteiger partial charge < -0.3 is 4.90 Å². The zero-order valence-corrected chi connectivity index (χ0v) is 18.1. The molecule has 3 rings (SSSR count). The van der Waals surface area contributed by atoms with Crippen LogP contribution in [0.1, 0.15) is 48.7 Å². The molecule has 1 aliphatic heterocycles. The number of ketones is 1. The first kappa shape index (κ1) is 23.3. The summed E-state index contributed by atoms with van der Waals surface area (Å²) in [5.41, 5.74) is -3.24. The summed E-state index contributed by atoms with van der Waals surface area (Å²) in [6, 6.07) is 8.11. The zero-order chi connectivity index (χ0) is 24.0. The van der Waals surface area contributed by atoms with E-state index in [1.54, 1.807) is 6.92 Å². The average molecular weight is 463 g/mol. The molecule has 10 heteroatoms. The van der Waals surface area contributed by atoms with E-state index in [-0.39, 0.29) is 28.5 Å². The van der Waals surface area contributed by atoms with Gasteiger partial charge in [0.15, 0.2) is 10.9 Å². The molecule has 0 radical (unpaired) electrons. The van der Waals surface area contributed by atoms with Crippen molar-refractivity contribution in [1.82, 2.24) is 0 Å². The van der Waals surface area contributed by atoms with Crippen LogP contribution in [-0.2, 0) is 11.0 Å². The van der Waals surface area contributed by atoms with Crippen molar-refractivity contribution in [1.29, 1.82) is 5.26 Å². The topological polar surface area (TPSA) is 64.4 Å². The second kappa shape index (κ2) is 7.98. The van der Waals surface area contributed by atoms with Crippen molar-refractivity contribution in [2.45, 2.75) is 38.9 Å². The Kier molecular flexibility index (Phi) is 5.82. The van der Waals surface area contributed by atoms with E-state index < -0.39 is 40.3 Å². The second-order valence-electron chi connectivity index (χ2n) is 7.60. The molecule has 0 unspecified atom stereocenters. The predicted molar refractivity (Wildman–Crippen MR) is 114 cm³/mol. The predicted octanol–water partition coefficient (Wildman–Crippen LogP) is 5.23. The molecule has 0 aromatic heterocycles. The van der Waals surface area contributed by atoms with Crippen LogP contribution < -0.4 is 9.80 Å². The molecule has 166 valence electrons. The Morgan fingerprint density at radius 2 is 1.78 bits per heavy atom. The molecule has 1 aliphatic rings. The van der Waals surface area contributed by atoms with E-state index in [9.17, 15) is 27.2 Å². The molecular weight excluding hydrogens is 446 g/mol. The molecule has 1 heterocycles. The normalized spacial score (nSPS) is 15.8. The minimum atomic E-state index is -4.81. The lowest BCUT2D eigenvalue weighted by Crippen LogP contribution is -2.44. The number of rotatable bonds is 4. The molecular formula is C22H17F4N3O2S. The van der Waals surface area contributed by atoms with Gasteiger partial charge in [-0.2, -0.15) is 18.4 Å². The molecule has 0 saturated carbocycles. The van der Waals surface area contributed by atoms with Crippen LogP contribution in [0.3, 0.4) is 0 Å². The molecule has 0 bridgehead atoms. The van der Waals surface area contributed by atoms with Crippen molar-refractivity contribution in [2.24, 2.45) is 0 Å². The number of Topliss-reactive ketones (excluding diaryl/α,β-unsaturated/α-hetero) is 1. The maximum Gasteiger partial charge on any atom is 0.417 e. The Balaban J connectivity index is 2.10. The van der Waals surface area contributed by atoms with Gasteiger partial charge in [-0.25, -0.2) is 4.39 Å². The Bertz CT molecular complexity index is 1180. The Morgan fingerprint density at radius 3 is 2.31 bits per heavy atom. The summed E-state index contributed by atoms with van der Waals surface area (Å²) in [4.78, 5) is 27.2. The fraction of sp³-hybridized carbons (Fsp3) is 0.273. The molecule has 0 atom stereocenters. The van der Waals surface area contributed by atoms with E-state index in [1.807, 2.05) is 0 Å². The smallest absolute Gasteiger partial charge is 0.303 e. The van der Waals surface area contributed by atoms with E-state index in [2.05, 4.69) is 0 Å². The van der Waals surface area contributed by atoms with Gasteiger partial charge in [0.25, 0.3) is 5.91 Å². The van der Waals surface area contributed by atoms with Gasteiger partial charge in [0.1, 0.15) is 11.4 Å². The number of thiocarbonyl (C=S) groups is 1. The average Bonchev–Trinajstić information content (AvgIpc) is 2.90. The van der Waals surface area contributed by atoms with E-state index >= 15 is 0 Å². The lowest BCUT2D eigenvalue weighted by molar-refractivity contribution is -0.137. The number of carbonyl (C=O) groups is 2. The van der Waals surface area contributed by atoms with Crippen LogP contribution in [0.25, 0.3) is 0 Å². The van der Waals surface area contributed by atoms with Crippen LogP contribution in [0.2, 0.25) is 0 Å². The largest absolute Gasteiger partial charge is 0.417 e. The Morgan fingerprint density at radius 1 is 1.16 bits per heavy atom. The summed E-state index contributed by atoms with van der Waals surface area (Å²) in [7, 11) is 0. The molecule has 5 nitrogen and oxygen atoms in total. The van der Waals surface area contributed by atoms with Gasteiger partial charge in [0.2, 0.25) is 0 Å². The van der Waals surface area contributed by atoms with E-state index in [0.717, 1.165) is 17.0 Å². The van der Waals surface area contributed by atoms with E-state index in [1.165, 1.54) is 43.0 Å². The Labute approximate surface area is 186 Å². The highest BCUT2D eigenvalue weighted by molar-refractivity contribution is 7.81. The highest BCUT2D eigenvalue weighted by Crippen LogP contribution is 2.39. The van der Waals surface area contributed by atoms with Crippen LogP contribution in [-0.4, -0.2) is 22.3 Å². The number of benzene rings is 2. The summed E-state index contributed by atoms with van der Waals surface area (Å²) in [6.45, 7) is 4.59. The lowest BCUT2D eigenvalue weighted by atomic mass is 10.0. The number of nitriles is 1. The van der Waals surface area contributed by atoms with Gasteiger partial charge >= 0.3 is 6.18 Å². The monoisotopic (exact) mass is 463 g/mol. The lowest BCUT2D eigenvalue weighted by Gasteiger charge is -2.29. The Hall–Kier alpha value is -3.32. The standard InChI is InChI=1S/C22H17F4N3O2S/c1-4-18(30)15-8-7-14(10-17(15)23)29-20(32)28(19(31)21(29,2)3)13-6-5-12(11-27)16(9-13)22(24,25)26/h5-10H,4H2,1-3H3. The summed E-state index contributed by atoms with van der Waals surface area (Å²) < 4.78 is 54.8. The van der Waals surface area contributed by atoms with Crippen LogP contribution in [0.4, 0.5) is 28.9 Å². The van der Waals surface area contributed by atoms with Crippen molar-refractivity contribution < 1.29 is 27.2 Å². The van der Waals surface area contributed by atoms with Gasteiger partial charge in [-0.05, 0) is 62.5 Å². The molecule has 2 aromatic carbocycles. The number of anilines is 2. The number of amides is 1. The third-order valence-electron chi connectivity index (χ3n) is 5.19. The summed E-state index contributed by atoms with van der Waals surface area (Å²) in [5.74, 6) is -1.82. The highest BCUT2D eigenvalue weighted by atomic mass is 32.1. The minimum absolute atomic E-state index is 0.107. The van der Waals surface area contributed by atoms with E-state index in [4.69, 9.17) is 17.5 Å². The SMILES string of the molecule is CCC(=O)c1ccc(N2C(=S)N(c3ccc(C#N)c(C(F)(F)F)c3)C(=O)C2(C)C)cc1F. The molecule has 1 amide bonds. The molecule has 0 aliphatic carbocycles. The second-order valence-corrected chi connectivity index (χ2v) is 7.96. The van der Waals surface area contributed by atoms with Gasteiger partial charge in [-0.3, -0.25) is 14.5 Å². The number of hydrogen-bond acceptors (Lipinski definition) is 4. The summed E-state index contributed by atoms with van der Waals surface area (Å²) in [5, 5.41) is 8.84. The van der Waals surface area contributed by atoms with Crippen molar-refractivity contribution in [3.05, 3.63) is 58.9 Å².